The highest BCUT2D eigenvalue weighted by molar-refractivity contribution is 9.11. The third-order valence-electron chi connectivity index (χ3n) is 1.25. The molecule has 0 amide bonds. The summed E-state index contributed by atoms with van der Waals surface area (Å²) in [5.74, 6) is 0.556. The van der Waals surface area contributed by atoms with Crippen LogP contribution in [0.4, 0.5) is 0 Å². The molecule has 1 rings (SSSR count). The first-order valence-electron chi connectivity index (χ1n) is 3.13. The number of hydrogen-bond donors (Lipinski definition) is 1. The Balaban J connectivity index is 2.85. The van der Waals surface area contributed by atoms with Crippen LogP contribution in [0.2, 0.25) is 0 Å². The molecule has 0 aliphatic heterocycles. The molecule has 0 saturated heterocycles. The molecule has 2 nitrogen and oxygen atoms in total. The van der Waals surface area contributed by atoms with Gasteiger partial charge in [0.05, 0.1) is 8.66 Å². The van der Waals surface area contributed by atoms with Crippen LogP contribution in [0.1, 0.15) is 4.88 Å². The number of amidine groups is 1. The Morgan fingerprint density at radius 1 is 1.55 bits per heavy atom. The van der Waals surface area contributed by atoms with E-state index in [1.165, 1.54) is 0 Å². The van der Waals surface area contributed by atoms with E-state index in [1.54, 1.807) is 16.2 Å². The Morgan fingerprint density at radius 2 is 2.18 bits per heavy atom. The van der Waals surface area contributed by atoms with Gasteiger partial charge in [0, 0.05) is 14.1 Å². The SMILES string of the molecule is CN(C)C(=N)c1ccc(Br)s1. The zero-order valence-electron chi connectivity index (χ0n) is 6.39. The summed E-state index contributed by atoms with van der Waals surface area (Å²) in [4.78, 5) is 2.78. The Bertz CT molecular complexity index is 267. The molecule has 0 aliphatic carbocycles. The van der Waals surface area contributed by atoms with Crippen LogP contribution in [0.25, 0.3) is 0 Å². The summed E-state index contributed by atoms with van der Waals surface area (Å²) < 4.78 is 1.07. The smallest absolute Gasteiger partial charge is 0.137 e. The Morgan fingerprint density at radius 3 is 2.55 bits per heavy atom. The van der Waals surface area contributed by atoms with Crippen LogP contribution in [0.3, 0.4) is 0 Å². The van der Waals surface area contributed by atoms with Crippen molar-refractivity contribution >= 4 is 33.1 Å². The van der Waals surface area contributed by atoms with Gasteiger partial charge in [-0.2, -0.15) is 0 Å². The summed E-state index contributed by atoms with van der Waals surface area (Å²) in [5.41, 5.74) is 0. The number of nitrogens with zero attached hydrogens (tertiary/aromatic N) is 1. The van der Waals surface area contributed by atoms with Gasteiger partial charge >= 0.3 is 0 Å². The summed E-state index contributed by atoms with van der Waals surface area (Å²) in [6, 6.07) is 3.90. The third-order valence-corrected chi connectivity index (χ3v) is 2.88. The fourth-order valence-corrected chi connectivity index (χ4v) is 2.08. The molecule has 0 radical (unpaired) electrons. The van der Waals surface area contributed by atoms with Crippen molar-refractivity contribution in [2.75, 3.05) is 14.1 Å². The van der Waals surface area contributed by atoms with Crippen LogP contribution in [-0.4, -0.2) is 24.8 Å². The van der Waals surface area contributed by atoms with E-state index in [0.717, 1.165) is 8.66 Å². The quantitative estimate of drug-likeness (QED) is 0.585. The minimum atomic E-state index is 0.556. The predicted molar refractivity (Wildman–Crippen MR) is 52.5 cm³/mol. The topological polar surface area (TPSA) is 27.1 Å². The van der Waals surface area contributed by atoms with E-state index >= 15 is 0 Å². The van der Waals surface area contributed by atoms with E-state index in [-0.39, 0.29) is 0 Å². The van der Waals surface area contributed by atoms with E-state index in [1.807, 2.05) is 26.2 Å². The number of halogens is 1. The van der Waals surface area contributed by atoms with Gasteiger partial charge in [0.1, 0.15) is 5.84 Å². The maximum absolute atomic E-state index is 7.61. The molecule has 0 aliphatic rings. The standard InChI is InChI=1S/C7H9BrN2S/c1-10(2)7(9)5-3-4-6(8)11-5/h3-4,9H,1-2H3. The molecule has 1 aromatic rings. The monoisotopic (exact) mass is 232 g/mol. The normalized spacial score (nSPS) is 9.73. The Kier molecular flexibility index (Phi) is 2.67. The van der Waals surface area contributed by atoms with Crippen LogP contribution >= 0.6 is 27.3 Å². The lowest BCUT2D eigenvalue weighted by molar-refractivity contribution is 0.620. The van der Waals surface area contributed by atoms with Gasteiger partial charge < -0.3 is 4.90 Å². The molecule has 0 atom stereocenters. The molecule has 60 valence electrons. The predicted octanol–water partition coefficient (Wildman–Crippen LogP) is 2.40. The molecule has 0 unspecified atom stereocenters. The highest BCUT2D eigenvalue weighted by atomic mass is 79.9. The number of rotatable bonds is 1. The van der Waals surface area contributed by atoms with E-state index in [0.29, 0.717) is 5.84 Å². The van der Waals surface area contributed by atoms with Gasteiger partial charge in [-0.3, -0.25) is 5.41 Å². The van der Waals surface area contributed by atoms with E-state index in [2.05, 4.69) is 15.9 Å². The van der Waals surface area contributed by atoms with Crippen LogP contribution in [-0.2, 0) is 0 Å². The maximum Gasteiger partial charge on any atom is 0.137 e. The lowest BCUT2D eigenvalue weighted by atomic mass is 10.4. The maximum atomic E-state index is 7.61. The van der Waals surface area contributed by atoms with Gasteiger partial charge in [-0.1, -0.05) is 0 Å². The lowest BCUT2D eigenvalue weighted by Gasteiger charge is -2.10. The summed E-state index contributed by atoms with van der Waals surface area (Å²) in [6.45, 7) is 0. The van der Waals surface area contributed by atoms with Crippen LogP contribution < -0.4 is 0 Å². The van der Waals surface area contributed by atoms with Crippen molar-refractivity contribution in [1.82, 2.24) is 4.90 Å². The highest BCUT2D eigenvalue weighted by Gasteiger charge is 2.05. The molecule has 0 fully saturated rings. The first kappa shape index (κ1) is 8.74. The number of nitrogens with one attached hydrogen (secondary N) is 1. The molecule has 0 saturated carbocycles. The summed E-state index contributed by atoms with van der Waals surface area (Å²) in [5, 5.41) is 7.61. The first-order valence-corrected chi connectivity index (χ1v) is 4.74. The van der Waals surface area contributed by atoms with Crippen LogP contribution in [0, 0.1) is 5.41 Å². The van der Waals surface area contributed by atoms with E-state index < -0.39 is 0 Å². The number of hydrogen-bond acceptors (Lipinski definition) is 2. The van der Waals surface area contributed by atoms with Crippen molar-refractivity contribution in [3.05, 3.63) is 20.8 Å². The molecular formula is C7H9BrN2S. The van der Waals surface area contributed by atoms with Gasteiger partial charge in [-0.15, -0.1) is 11.3 Å². The highest BCUT2D eigenvalue weighted by Crippen LogP contribution is 2.22. The lowest BCUT2D eigenvalue weighted by Crippen LogP contribution is -2.20. The van der Waals surface area contributed by atoms with Gasteiger partial charge in [0.2, 0.25) is 0 Å². The molecular weight excluding hydrogens is 224 g/mol. The molecule has 1 aromatic heterocycles. The molecule has 0 bridgehead atoms. The third kappa shape index (κ3) is 2.04. The summed E-state index contributed by atoms with van der Waals surface area (Å²) in [7, 11) is 3.74. The number of thiophene rings is 1. The zero-order valence-corrected chi connectivity index (χ0v) is 8.79. The second kappa shape index (κ2) is 3.36. The largest absolute Gasteiger partial charge is 0.362 e. The minimum Gasteiger partial charge on any atom is -0.362 e. The minimum absolute atomic E-state index is 0.556. The van der Waals surface area contributed by atoms with Crippen molar-refractivity contribution in [2.24, 2.45) is 0 Å². The second-order valence-electron chi connectivity index (χ2n) is 2.35. The van der Waals surface area contributed by atoms with Gasteiger partial charge in [-0.25, -0.2) is 0 Å². The van der Waals surface area contributed by atoms with Crippen molar-refractivity contribution in [3.8, 4) is 0 Å². The van der Waals surface area contributed by atoms with Crippen molar-refractivity contribution in [2.45, 2.75) is 0 Å². The fraction of sp³-hybridized carbons (Fsp3) is 0.286. The van der Waals surface area contributed by atoms with Crippen LogP contribution in [0.5, 0.6) is 0 Å². The molecule has 0 aromatic carbocycles. The van der Waals surface area contributed by atoms with Crippen molar-refractivity contribution in [1.29, 1.82) is 5.41 Å². The fourth-order valence-electron chi connectivity index (χ4n) is 0.662. The Labute approximate surface area is 78.5 Å². The Hall–Kier alpha value is -0.350. The van der Waals surface area contributed by atoms with Gasteiger partial charge in [-0.05, 0) is 28.1 Å². The van der Waals surface area contributed by atoms with Crippen molar-refractivity contribution < 1.29 is 0 Å². The second-order valence-corrected chi connectivity index (χ2v) is 4.81. The average Bonchev–Trinajstić information content (AvgIpc) is 2.34. The van der Waals surface area contributed by atoms with E-state index in [9.17, 15) is 0 Å². The first-order chi connectivity index (χ1) is 5.11. The van der Waals surface area contributed by atoms with Crippen molar-refractivity contribution in [3.63, 3.8) is 0 Å². The van der Waals surface area contributed by atoms with Crippen LogP contribution in [0.15, 0.2) is 15.9 Å². The summed E-state index contributed by atoms with van der Waals surface area (Å²) in [6.07, 6.45) is 0. The molecule has 1 N–H and O–H groups in total. The molecule has 4 heteroatoms. The average molecular weight is 233 g/mol. The van der Waals surface area contributed by atoms with Gasteiger partial charge in [0.15, 0.2) is 0 Å². The zero-order chi connectivity index (χ0) is 8.43. The van der Waals surface area contributed by atoms with Gasteiger partial charge in [0.25, 0.3) is 0 Å². The molecule has 0 spiro atoms. The van der Waals surface area contributed by atoms with E-state index in [4.69, 9.17) is 5.41 Å². The summed E-state index contributed by atoms with van der Waals surface area (Å²) >= 11 is 4.93. The molecule has 11 heavy (non-hydrogen) atoms. The molecule has 1 heterocycles.